The molecule has 1 atom stereocenters. The number of carboxylic acid groups (broad SMARTS) is 1. The Morgan fingerprint density at radius 1 is 1.12 bits per heavy atom. The Labute approximate surface area is 197 Å². The number of benzene rings is 2. The molecule has 0 saturated heterocycles. The number of hydrogen-bond acceptors (Lipinski definition) is 4. The van der Waals surface area contributed by atoms with Gasteiger partial charge in [0.15, 0.2) is 0 Å². The zero-order valence-corrected chi connectivity index (χ0v) is 20.0. The summed E-state index contributed by atoms with van der Waals surface area (Å²) in [5.74, 6) is -3.60. The predicted molar refractivity (Wildman–Crippen MR) is 127 cm³/mol. The molecule has 182 valence electrons. The lowest BCUT2D eigenvalue weighted by atomic mass is 9.91. The molecule has 2 N–H and O–H groups in total. The molecule has 2 amide bonds. The second kappa shape index (κ2) is 9.84. The summed E-state index contributed by atoms with van der Waals surface area (Å²) in [6, 6.07) is 6.02. The van der Waals surface area contributed by atoms with E-state index in [1.165, 1.54) is 12.0 Å². The number of carbonyl (C=O) groups is 3. The summed E-state index contributed by atoms with van der Waals surface area (Å²) in [5.41, 5.74) is 1.20. The first-order valence-corrected chi connectivity index (χ1v) is 13.1. The van der Waals surface area contributed by atoms with E-state index in [-0.39, 0.29) is 17.1 Å². The van der Waals surface area contributed by atoms with Gasteiger partial charge in [0.2, 0.25) is 5.91 Å². The van der Waals surface area contributed by atoms with Crippen molar-refractivity contribution in [1.29, 1.82) is 0 Å². The molecular weight excluding hydrogens is 466 g/mol. The smallest absolute Gasteiger partial charge is 0.328 e. The second-order valence-corrected chi connectivity index (χ2v) is 12.6. The van der Waals surface area contributed by atoms with Gasteiger partial charge in [-0.2, -0.15) is 0 Å². The van der Waals surface area contributed by atoms with Crippen molar-refractivity contribution in [2.45, 2.75) is 17.4 Å². The minimum atomic E-state index is -1.69. The number of halogens is 2. The maximum Gasteiger partial charge on any atom is 0.328 e. The average molecular weight is 493 g/mol. The predicted octanol–water partition coefficient (Wildman–Crippen LogP) is 3.73. The molecule has 34 heavy (non-hydrogen) atoms. The summed E-state index contributed by atoms with van der Waals surface area (Å²) in [6.07, 6.45) is 7.25. The van der Waals surface area contributed by atoms with Crippen molar-refractivity contribution in [2.75, 3.05) is 37.7 Å². The SMILES string of the molecule is COc1ccc2c(c1)CCN(C(=O)/C=C\C(=O)O)[C@H]2C(=O)Nc1cc(F)c(S(C)(C)C)c(F)c1. The Kier molecular flexibility index (Phi) is 7.30. The monoisotopic (exact) mass is 492 g/mol. The third-order valence-electron chi connectivity index (χ3n) is 5.36. The molecule has 7 nitrogen and oxygen atoms in total. The number of methoxy groups -OCH3 is 1. The highest BCUT2D eigenvalue weighted by Gasteiger charge is 2.36. The van der Waals surface area contributed by atoms with Gasteiger partial charge in [0, 0.05) is 24.4 Å². The van der Waals surface area contributed by atoms with Crippen molar-refractivity contribution in [3.63, 3.8) is 0 Å². The molecule has 10 heteroatoms. The largest absolute Gasteiger partial charge is 0.497 e. The van der Waals surface area contributed by atoms with Crippen molar-refractivity contribution in [2.24, 2.45) is 0 Å². The molecule has 0 saturated carbocycles. The van der Waals surface area contributed by atoms with E-state index in [0.29, 0.717) is 23.8 Å². The number of rotatable bonds is 6. The number of fused-ring (bicyclic) bond motifs is 1. The molecule has 0 bridgehead atoms. The van der Waals surface area contributed by atoms with E-state index in [1.54, 1.807) is 37.0 Å². The fraction of sp³-hybridized carbons (Fsp3) is 0.292. The summed E-state index contributed by atoms with van der Waals surface area (Å²) >= 11 is 0. The highest BCUT2D eigenvalue weighted by Crippen LogP contribution is 2.48. The van der Waals surface area contributed by atoms with Crippen LogP contribution in [-0.2, 0) is 20.8 Å². The summed E-state index contributed by atoms with van der Waals surface area (Å²) in [6.45, 7) is 0.135. The molecular formula is C24H26F2N2O5S. The summed E-state index contributed by atoms with van der Waals surface area (Å²) in [7, 11) is -0.186. The molecule has 0 aliphatic carbocycles. The van der Waals surface area contributed by atoms with Gasteiger partial charge in [-0.25, -0.2) is 23.6 Å². The highest BCUT2D eigenvalue weighted by atomic mass is 32.3. The van der Waals surface area contributed by atoms with E-state index >= 15 is 0 Å². The Bertz CT molecular complexity index is 1150. The number of nitrogens with one attached hydrogen (secondary N) is 1. The van der Waals surface area contributed by atoms with Gasteiger partial charge in [-0.15, -0.1) is 0 Å². The number of aliphatic carboxylic acids is 1. The number of nitrogens with zero attached hydrogens (tertiary/aromatic N) is 1. The van der Waals surface area contributed by atoms with Crippen LogP contribution >= 0.6 is 10.0 Å². The summed E-state index contributed by atoms with van der Waals surface area (Å²) in [4.78, 5) is 38.1. The third kappa shape index (κ3) is 5.39. The zero-order chi connectivity index (χ0) is 25.2. The lowest BCUT2D eigenvalue weighted by molar-refractivity contribution is -0.136. The number of ether oxygens (including phenoxy) is 1. The van der Waals surface area contributed by atoms with Crippen LogP contribution in [0.3, 0.4) is 0 Å². The van der Waals surface area contributed by atoms with Gasteiger partial charge in [0.1, 0.15) is 23.4 Å². The lowest BCUT2D eigenvalue weighted by Crippen LogP contribution is -2.44. The van der Waals surface area contributed by atoms with E-state index in [0.717, 1.165) is 23.8 Å². The molecule has 2 aromatic carbocycles. The molecule has 0 unspecified atom stereocenters. The average Bonchev–Trinajstić information content (AvgIpc) is 2.74. The van der Waals surface area contributed by atoms with Gasteiger partial charge in [0.25, 0.3) is 5.91 Å². The first kappa shape index (κ1) is 25.2. The molecule has 1 heterocycles. The number of amides is 2. The van der Waals surface area contributed by atoms with Crippen LogP contribution < -0.4 is 10.1 Å². The van der Waals surface area contributed by atoms with E-state index < -0.39 is 45.5 Å². The quantitative estimate of drug-likeness (QED) is 0.599. The van der Waals surface area contributed by atoms with Crippen LogP contribution in [0.2, 0.25) is 0 Å². The third-order valence-corrected chi connectivity index (χ3v) is 6.97. The first-order chi connectivity index (χ1) is 15.9. The lowest BCUT2D eigenvalue weighted by Gasteiger charge is -2.36. The fourth-order valence-electron chi connectivity index (χ4n) is 3.92. The zero-order valence-electron chi connectivity index (χ0n) is 19.2. The standard InChI is InChI=1S/C24H26F2N2O5S/c1-33-16-5-6-17-14(11-16)9-10-28(20(29)7-8-21(30)31)22(17)24(32)27-15-12-18(25)23(19(26)13-15)34(2,3)4/h5-8,11-13,22H,9-10H2,1-4H3,(H,27,32)(H,30,31)/b8-7-/t22-/m1/s1. The molecule has 1 aliphatic heterocycles. The van der Waals surface area contributed by atoms with Crippen molar-refractivity contribution in [3.8, 4) is 5.75 Å². The van der Waals surface area contributed by atoms with Crippen molar-refractivity contribution >= 4 is 33.5 Å². The Hall–Kier alpha value is -3.40. The van der Waals surface area contributed by atoms with Crippen LogP contribution in [0.15, 0.2) is 47.4 Å². The van der Waals surface area contributed by atoms with Crippen LogP contribution in [-0.4, -0.2) is 60.2 Å². The maximum atomic E-state index is 14.7. The van der Waals surface area contributed by atoms with Crippen LogP contribution in [0.5, 0.6) is 5.75 Å². The summed E-state index contributed by atoms with van der Waals surface area (Å²) in [5, 5.41) is 11.4. The fourth-order valence-corrected chi connectivity index (χ4v) is 5.20. The number of hydrogen-bond donors (Lipinski definition) is 2. The van der Waals surface area contributed by atoms with Gasteiger partial charge in [-0.1, -0.05) is 6.07 Å². The first-order valence-electron chi connectivity index (χ1n) is 10.3. The van der Waals surface area contributed by atoms with Crippen LogP contribution in [0, 0.1) is 11.6 Å². The van der Waals surface area contributed by atoms with Crippen molar-refractivity contribution in [1.82, 2.24) is 4.90 Å². The van der Waals surface area contributed by atoms with E-state index in [2.05, 4.69) is 5.32 Å². The van der Waals surface area contributed by atoms with E-state index in [9.17, 15) is 23.2 Å². The molecule has 0 spiro atoms. The number of carbonyl (C=O) groups excluding carboxylic acids is 2. The van der Waals surface area contributed by atoms with Crippen LogP contribution in [0.25, 0.3) is 0 Å². The van der Waals surface area contributed by atoms with Gasteiger partial charge in [-0.3, -0.25) is 9.59 Å². The normalized spacial score (nSPS) is 16.2. The molecule has 0 aromatic heterocycles. The molecule has 0 radical (unpaired) electrons. The van der Waals surface area contributed by atoms with Gasteiger partial charge < -0.3 is 20.1 Å². The molecule has 3 rings (SSSR count). The van der Waals surface area contributed by atoms with Gasteiger partial charge >= 0.3 is 5.97 Å². The van der Waals surface area contributed by atoms with Crippen molar-refractivity contribution < 1.29 is 33.0 Å². The highest BCUT2D eigenvalue weighted by molar-refractivity contribution is 8.32. The van der Waals surface area contributed by atoms with E-state index in [4.69, 9.17) is 9.84 Å². The topological polar surface area (TPSA) is 95.9 Å². The Balaban J connectivity index is 1.99. The van der Waals surface area contributed by atoms with E-state index in [1.807, 2.05) is 0 Å². The van der Waals surface area contributed by atoms with Crippen LogP contribution in [0.1, 0.15) is 17.2 Å². The maximum absolute atomic E-state index is 14.7. The minimum Gasteiger partial charge on any atom is -0.497 e. The molecule has 0 fully saturated rings. The van der Waals surface area contributed by atoms with Crippen molar-refractivity contribution in [3.05, 3.63) is 65.2 Å². The molecule has 2 aromatic rings. The summed E-state index contributed by atoms with van der Waals surface area (Å²) < 4.78 is 34.6. The number of anilines is 1. The van der Waals surface area contributed by atoms with Gasteiger partial charge in [0.05, 0.1) is 12.0 Å². The Morgan fingerprint density at radius 2 is 1.76 bits per heavy atom. The molecule has 1 aliphatic rings. The number of carboxylic acids is 1. The Morgan fingerprint density at radius 3 is 2.32 bits per heavy atom. The van der Waals surface area contributed by atoms with Crippen LogP contribution in [0.4, 0.5) is 14.5 Å². The minimum absolute atomic E-state index is 0.0174. The van der Waals surface area contributed by atoms with Gasteiger partial charge in [-0.05, 0) is 60.6 Å². The second-order valence-electron chi connectivity index (χ2n) is 8.52.